The Morgan fingerprint density at radius 2 is 1.75 bits per heavy atom. The highest BCUT2D eigenvalue weighted by molar-refractivity contribution is 7.93. The molecule has 0 aliphatic rings. The van der Waals surface area contributed by atoms with E-state index in [1.807, 2.05) is 13.8 Å². The summed E-state index contributed by atoms with van der Waals surface area (Å²) in [4.78, 5) is 17.3. The van der Waals surface area contributed by atoms with Crippen molar-refractivity contribution >= 4 is 48.3 Å². The fourth-order valence-corrected chi connectivity index (χ4v) is 5.45. The summed E-state index contributed by atoms with van der Waals surface area (Å²) in [5, 5.41) is 3.14. The van der Waals surface area contributed by atoms with Crippen molar-refractivity contribution in [2.75, 3.05) is 17.1 Å². The van der Waals surface area contributed by atoms with Crippen LogP contribution in [0.2, 0.25) is 0 Å². The highest BCUT2D eigenvalue weighted by Crippen LogP contribution is 2.32. The van der Waals surface area contributed by atoms with Crippen molar-refractivity contribution in [3.63, 3.8) is 0 Å². The maximum atomic E-state index is 12.7. The largest absolute Gasteiger partial charge is 0.496 e. The number of hydrogen-bond acceptors (Lipinski definition) is 6. The third kappa shape index (κ3) is 4.44. The fraction of sp³-hybridized carbons (Fsp3) is 0.130. The van der Waals surface area contributed by atoms with Gasteiger partial charge in [0.25, 0.3) is 15.9 Å². The standard InChI is InChI=1S/C23H21N3O4S2/c1-14-8-10-17(11-9-14)32(28,29)26-23-25-21-15(2)12-16(13-20(21)31-23)24-22(27)18-6-4-5-7-19(18)30-3/h4-13H,1-3H3,(H,24,27)(H,25,26). The van der Waals surface area contributed by atoms with Crippen LogP contribution in [0, 0.1) is 13.8 Å². The maximum Gasteiger partial charge on any atom is 0.263 e. The first-order chi connectivity index (χ1) is 15.3. The number of rotatable bonds is 6. The number of carbonyl (C=O) groups excluding carboxylic acids is 1. The Labute approximate surface area is 190 Å². The van der Waals surface area contributed by atoms with Crippen molar-refractivity contribution in [1.29, 1.82) is 0 Å². The molecule has 0 saturated carbocycles. The van der Waals surface area contributed by atoms with Crippen LogP contribution in [0.4, 0.5) is 10.8 Å². The Bertz CT molecular complexity index is 1410. The molecule has 0 aliphatic carbocycles. The van der Waals surface area contributed by atoms with E-state index in [4.69, 9.17) is 4.74 Å². The number of aryl methyl sites for hydroxylation is 2. The average Bonchev–Trinajstić information content (AvgIpc) is 3.16. The Morgan fingerprint density at radius 3 is 2.47 bits per heavy atom. The monoisotopic (exact) mass is 467 g/mol. The summed E-state index contributed by atoms with van der Waals surface area (Å²) < 4.78 is 33.9. The minimum atomic E-state index is -3.75. The third-order valence-electron chi connectivity index (χ3n) is 4.85. The van der Waals surface area contributed by atoms with E-state index < -0.39 is 10.0 Å². The van der Waals surface area contributed by atoms with Gasteiger partial charge in [0.2, 0.25) is 0 Å². The molecule has 9 heteroatoms. The van der Waals surface area contributed by atoms with Crippen molar-refractivity contribution in [2.45, 2.75) is 18.7 Å². The summed E-state index contributed by atoms with van der Waals surface area (Å²) in [6, 6.07) is 17.1. The molecule has 0 fully saturated rings. The van der Waals surface area contributed by atoms with Crippen molar-refractivity contribution in [1.82, 2.24) is 4.98 Å². The average molecular weight is 468 g/mol. The molecule has 0 atom stereocenters. The number of amides is 1. The number of nitrogens with one attached hydrogen (secondary N) is 2. The molecule has 0 spiro atoms. The molecule has 2 N–H and O–H groups in total. The zero-order chi connectivity index (χ0) is 22.9. The zero-order valence-electron chi connectivity index (χ0n) is 17.7. The van der Waals surface area contributed by atoms with Crippen LogP contribution in [0.1, 0.15) is 21.5 Å². The number of hydrogen-bond donors (Lipinski definition) is 2. The zero-order valence-corrected chi connectivity index (χ0v) is 19.3. The van der Waals surface area contributed by atoms with Gasteiger partial charge < -0.3 is 10.1 Å². The molecule has 4 rings (SSSR count). The summed E-state index contributed by atoms with van der Waals surface area (Å²) >= 11 is 1.20. The van der Waals surface area contributed by atoms with Crippen LogP contribution in [0.25, 0.3) is 10.2 Å². The van der Waals surface area contributed by atoms with E-state index in [9.17, 15) is 13.2 Å². The van der Waals surface area contributed by atoms with E-state index >= 15 is 0 Å². The predicted octanol–water partition coefficient (Wildman–Crippen LogP) is 4.97. The van der Waals surface area contributed by atoms with Gasteiger partial charge in [0, 0.05) is 5.69 Å². The normalized spacial score (nSPS) is 11.3. The summed E-state index contributed by atoms with van der Waals surface area (Å²) in [6.07, 6.45) is 0. The topological polar surface area (TPSA) is 97.4 Å². The quantitative estimate of drug-likeness (QED) is 0.417. The minimum absolute atomic E-state index is 0.170. The van der Waals surface area contributed by atoms with Crippen molar-refractivity contribution in [2.24, 2.45) is 0 Å². The first-order valence-electron chi connectivity index (χ1n) is 9.72. The number of sulfonamides is 1. The summed E-state index contributed by atoms with van der Waals surface area (Å²) in [5.74, 6) is 0.180. The van der Waals surface area contributed by atoms with Gasteiger partial charge in [-0.2, -0.15) is 0 Å². The minimum Gasteiger partial charge on any atom is -0.496 e. The number of nitrogens with zero attached hydrogens (tertiary/aromatic N) is 1. The number of aromatic nitrogens is 1. The van der Waals surface area contributed by atoms with Crippen LogP contribution >= 0.6 is 11.3 Å². The van der Waals surface area contributed by atoms with E-state index in [1.165, 1.54) is 18.4 Å². The van der Waals surface area contributed by atoms with Gasteiger partial charge in [-0.25, -0.2) is 13.4 Å². The van der Waals surface area contributed by atoms with Crippen molar-refractivity contribution in [3.05, 3.63) is 77.4 Å². The Balaban J connectivity index is 1.61. The molecule has 0 radical (unpaired) electrons. The van der Waals surface area contributed by atoms with Crippen LogP contribution in [-0.2, 0) is 10.0 Å². The van der Waals surface area contributed by atoms with Gasteiger partial charge >= 0.3 is 0 Å². The van der Waals surface area contributed by atoms with Gasteiger partial charge in [0.1, 0.15) is 5.75 Å². The molecule has 4 aromatic rings. The molecule has 0 unspecified atom stereocenters. The summed E-state index contributed by atoms with van der Waals surface area (Å²) in [6.45, 7) is 3.75. The van der Waals surface area contributed by atoms with E-state index in [1.54, 1.807) is 60.7 Å². The fourth-order valence-electron chi connectivity index (χ4n) is 3.23. The lowest BCUT2D eigenvalue weighted by molar-refractivity contribution is 0.102. The number of ether oxygens (including phenoxy) is 1. The first kappa shape index (κ1) is 21.8. The summed E-state index contributed by atoms with van der Waals surface area (Å²) in [5.41, 5.74) is 3.47. The first-order valence-corrected chi connectivity index (χ1v) is 12.0. The van der Waals surface area contributed by atoms with Gasteiger partial charge in [-0.3, -0.25) is 9.52 Å². The molecular formula is C23H21N3O4S2. The second-order valence-electron chi connectivity index (χ2n) is 7.23. The van der Waals surface area contributed by atoms with Gasteiger partial charge in [0.05, 0.1) is 27.8 Å². The van der Waals surface area contributed by atoms with Gasteiger partial charge in [0.15, 0.2) is 5.13 Å². The molecule has 7 nitrogen and oxygen atoms in total. The number of methoxy groups -OCH3 is 1. The molecule has 3 aromatic carbocycles. The van der Waals surface area contributed by atoms with E-state index in [2.05, 4.69) is 15.0 Å². The van der Waals surface area contributed by atoms with Crippen LogP contribution in [0.15, 0.2) is 65.6 Å². The lowest BCUT2D eigenvalue weighted by Crippen LogP contribution is -2.13. The molecule has 1 amide bonds. The number of para-hydroxylation sites is 1. The Kier molecular flexibility index (Phi) is 5.86. The molecular weight excluding hydrogens is 446 g/mol. The highest BCUT2D eigenvalue weighted by atomic mass is 32.2. The molecule has 1 aromatic heterocycles. The molecule has 0 bridgehead atoms. The van der Waals surface area contributed by atoms with Crippen LogP contribution < -0.4 is 14.8 Å². The van der Waals surface area contributed by atoms with Crippen LogP contribution in [-0.4, -0.2) is 26.4 Å². The van der Waals surface area contributed by atoms with Crippen LogP contribution in [0.3, 0.4) is 0 Å². The lowest BCUT2D eigenvalue weighted by Gasteiger charge is -2.09. The number of carbonyl (C=O) groups is 1. The van der Waals surface area contributed by atoms with E-state index in [0.717, 1.165) is 15.8 Å². The van der Waals surface area contributed by atoms with Gasteiger partial charge in [-0.1, -0.05) is 41.2 Å². The molecule has 0 aliphatic heterocycles. The van der Waals surface area contributed by atoms with Gasteiger partial charge in [-0.15, -0.1) is 0 Å². The smallest absolute Gasteiger partial charge is 0.263 e. The second kappa shape index (κ2) is 8.60. The van der Waals surface area contributed by atoms with Crippen LogP contribution in [0.5, 0.6) is 5.75 Å². The Morgan fingerprint density at radius 1 is 1.03 bits per heavy atom. The molecule has 32 heavy (non-hydrogen) atoms. The molecule has 164 valence electrons. The van der Waals surface area contributed by atoms with Crippen molar-refractivity contribution < 1.29 is 17.9 Å². The Hall–Kier alpha value is -3.43. The van der Waals surface area contributed by atoms with Crippen molar-refractivity contribution in [3.8, 4) is 5.75 Å². The van der Waals surface area contributed by atoms with E-state index in [0.29, 0.717) is 22.5 Å². The highest BCUT2D eigenvalue weighted by Gasteiger charge is 2.18. The summed E-state index contributed by atoms with van der Waals surface area (Å²) in [7, 11) is -2.24. The number of benzene rings is 3. The van der Waals surface area contributed by atoms with E-state index in [-0.39, 0.29) is 15.9 Å². The third-order valence-corrected chi connectivity index (χ3v) is 7.25. The van der Waals surface area contributed by atoms with Gasteiger partial charge in [-0.05, 0) is 55.8 Å². The maximum absolute atomic E-state index is 12.7. The lowest BCUT2D eigenvalue weighted by atomic mass is 10.1. The number of anilines is 2. The predicted molar refractivity (Wildman–Crippen MR) is 127 cm³/mol. The second-order valence-corrected chi connectivity index (χ2v) is 9.94. The molecule has 0 saturated heterocycles. The molecule has 1 heterocycles. The number of fused-ring (bicyclic) bond motifs is 1. The number of thiazole rings is 1. The SMILES string of the molecule is COc1ccccc1C(=O)Nc1cc(C)c2nc(NS(=O)(=O)c3ccc(C)cc3)sc2c1.